The highest BCUT2D eigenvalue weighted by molar-refractivity contribution is 9.10. The van der Waals surface area contributed by atoms with Crippen LogP contribution in [0.5, 0.6) is 11.5 Å². The number of ketones is 1. The van der Waals surface area contributed by atoms with Gasteiger partial charge < -0.3 is 9.47 Å². The summed E-state index contributed by atoms with van der Waals surface area (Å²) in [6.07, 6.45) is 0.848. The van der Waals surface area contributed by atoms with Gasteiger partial charge in [0.2, 0.25) is 5.78 Å². The van der Waals surface area contributed by atoms with Gasteiger partial charge in [0, 0.05) is 16.5 Å². The molecule has 5 heteroatoms. The van der Waals surface area contributed by atoms with E-state index < -0.39 is 0 Å². The van der Waals surface area contributed by atoms with Gasteiger partial charge in [-0.3, -0.25) is 4.79 Å². The van der Waals surface area contributed by atoms with Crippen molar-refractivity contribution >= 4 is 33.0 Å². The summed E-state index contributed by atoms with van der Waals surface area (Å²) >= 11 is 4.87. The van der Waals surface area contributed by atoms with E-state index in [1.165, 1.54) is 11.3 Å². The van der Waals surface area contributed by atoms with Crippen molar-refractivity contribution in [3.63, 3.8) is 0 Å². The van der Waals surface area contributed by atoms with Gasteiger partial charge in [0.1, 0.15) is 0 Å². The maximum absolute atomic E-state index is 12.4. The molecule has 0 amide bonds. The number of hydrogen-bond donors (Lipinski definition) is 0. The molecule has 3 rings (SSSR count). The Kier molecular flexibility index (Phi) is 3.57. The van der Waals surface area contributed by atoms with E-state index in [1.807, 2.05) is 23.6 Å². The monoisotopic (exact) mass is 338 g/mol. The average molecular weight is 339 g/mol. The first kappa shape index (κ1) is 12.7. The largest absolute Gasteiger partial charge is 0.490 e. The molecule has 1 aromatic carbocycles. The van der Waals surface area contributed by atoms with Crippen molar-refractivity contribution in [2.24, 2.45) is 0 Å². The molecular formula is C14H11BrO3S. The van der Waals surface area contributed by atoms with Crippen LogP contribution in [0.15, 0.2) is 34.1 Å². The molecule has 0 unspecified atom stereocenters. The summed E-state index contributed by atoms with van der Waals surface area (Å²) in [7, 11) is 0. The van der Waals surface area contributed by atoms with Gasteiger partial charge in [-0.05, 0) is 39.5 Å². The highest BCUT2D eigenvalue weighted by Gasteiger charge is 2.19. The van der Waals surface area contributed by atoms with Gasteiger partial charge >= 0.3 is 0 Å². The molecule has 0 fully saturated rings. The molecule has 3 nitrogen and oxygen atoms in total. The van der Waals surface area contributed by atoms with Gasteiger partial charge in [-0.25, -0.2) is 0 Å². The minimum Gasteiger partial charge on any atom is -0.490 e. The Morgan fingerprint density at radius 2 is 1.95 bits per heavy atom. The molecule has 0 saturated heterocycles. The average Bonchev–Trinajstić information content (AvgIpc) is 2.84. The molecule has 1 aliphatic rings. The van der Waals surface area contributed by atoms with Gasteiger partial charge in [0.25, 0.3) is 0 Å². The van der Waals surface area contributed by atoms with E-state index >= 15 is 0 Å². The highest BCUT2D eigenvalue weighted by atomic mass is 79.9. The van der Waals surface area contributed by atoms with Crippen molar-refractivity contribution in [1.29, 1.82) is 0 Å². The summed E-state index contributed by atoms with van der Waals surface area (Å²) in [5.74, 6) is 1.32. The second-order valence-corrected chi connectivity index (χ2v) is 5.94. The van der Waals surface area contributed by atoms with Gasteiger partial charge in [-0.2, -0.15) is 0 Å². The molecule has 1 aromatic heterocycles. The highest BCUT2D eigenvalue weighted by Crippen LogP contribution is 2.36. The Labute approximate surface area is 123 Å². The standard InChI is InChI=1S/C14H11BrO3S/c15-10-8-12-11(17-4-2-5-18-12)7-9(10)14(16)13-3-1-6-19-13/h1,3,6-8H,2,4-5H2. The molecule has 0 bridgehead atoms. The number of carbonyl (C=O) groups excluding carboxylic acids is 1. The molecule has 19 heavy (non-hydrogen) atoms. The van der Waals surface area contributed by atoms with Crippen LogP contribution in [0.3, 0.4) is 0 Å². The van der Waals surface area contributed by atoms with Gasteiger partial charge in [0.05, 0.1) is 18.1 Å². The smallest absolute Gasteiger partial charge is 0.204 e. The lowest BCUT2D eigenvalue weighted by atomic mass is 10.1. The van der Waals surface area contributed by atoms with E-state index in [4.69, 9.17) is 9.47 Å². The van der Waals surface area contributed by atoms with Crippen molar-refractivity contribution in [3.05, 3.63) is 44.6 Å². The fraction of sp³-hybridized carbons (Fsp3) is 0.214. The van der Waals surface area contributed by atoms with Crippen molar-refractivity contribution in [3.8, 4) is 11.5 Å². The molecule has 2 aromatic rings. The number of hydrogen-bond acceptors (Lipinski definition) is 4. The number of thiophene rings is 1. The van der Waals surface area contributed by atoms with Crippen molar-refractivity contribution < 1.29 is 14.3 Å². The number of ether oxygens (including phenoxy) is 2. The van der Waals surface area contributed by atoms with Crippen LogP contribution in [0.2, 0.25) is 0 Å². The van der Waals surface area contributed by atoms with E-state index in [-0.39, 0.29) is 5.78 Å². The summed E-state index contributed by atoms with van der Waals surface area (Å²) in [5.41, 5.74) is 0.603. The molecule has 0 aliphatic carbocycles. The Morgan fingerprint density at radius 1 is 1.21 bits per heavy atom. The van der Waals surface area contributed by atoms with E-state index in [0.29, 0.717) is 30.3 Å². The van der Waals surface area contributed by atoms with Crippen molar-refractivity contribution in [2.45, 2.75) is 6.42 Å². The first-order valence-electron chi connectivity index (χ1n) is 5.93. The lowest BCUT2D eigenvalue weighted by Gasteiger charge is -2.10. The summed E-state index contributed by atoms with van der Waals surface area (Å²) < 4.78 is 11.9. The van der Waals surface area contributed by atoms with E-state index in [1.54, 1.807) is 6.07 Å². The third-order valence-electron chi connectivity index (χ3n) is 2.83. The maximum atomic E-state index is 12.4. The summed E-state index contributed by atoms with van der Waals surface area (Å²) in [5, 5.41) is 1.89. The number of carbonyl (C=O) groups is 1. The minimum absolute atomic E-state index is 0.00229. The van der Waals surface area contributed by atoms with Gasteiger partial charge in [-0.15, -0.1) is 11.3 Å². The van der Waals surface area contributed by atoms with Crippen LogP contribution in [-0.4, -0.2) is 19.0 Å². The Bertz CT molecular complexity index is 607. The molecule has 0 N–H and O–H groups in total. The third-order valence-corrected chi connectivity index (χ3v) is 4.35. The molecule has 0 radical (unpaired) electrons. The Balaban J connectivity index is 2.02. The zero-order valence-electron chi connectivity index (χ0n) is 10.0. The lowest BCUT2D eigenvalue weighted by Crippen LogP contribution is -2.02. The predicted octanol–water partition coefficient (Wildman–Crippen LogP) is 3.90. The van der Waals surface area contributed by atoms with Crippen LogP contribution in [0.25, 0.3) is 0 Å². The van der Waals surface area contributed by atoms with E-state index in [9.17, 15) is 4.79 Å². The van der Waals surface area contributed by atoms with Crippen LogP contribution in [0, 0.1) is 0 Å². The quantitative estimate of drug-likeness (QED) is 0.779. The van der Waals surface area contributed by atoms with Crippen molar-refractivity contribution in [2.75, 3.05) is 13.2 Å². The first-order valence-corrected chi connectivity index (χ1v) is 7.60. The summed E-state index contributed by atoms with van der Waals surface area (Å²) in [4.78, 5) is 13.1. The first-order chi connectivity index (χ1) is 9.25. The third kappa shape index (κ3) is 2.53. The Hall–Kier alpha value is -1.33. The van der Waals surface area contributed by atoms with Crippen LogP contribution >= 0.6 is 27.3 Å². The van der Waals surface area contributed by atoms with Gasteiger partial charge in [-0.1, -0.05) is 6.07 Å². The zero-order valence-corrected chi connectivity index (χ0v) is 12.4. The topological polar surface area (TPSA) is 35.5 Å². The number of halogens is 1. The molecular weight excluding hydrogens is 328 g/mol. The van der Waals surface area contributed by atoms with Crippen molar-refractivity contribution in [1.82, 2.24) is 0 Å². The summed E-state index contributed by atoms with van der Waals surface area (Å²) in [6.45, 7) is 1.25. The van der Waals surface area contributed by atoms with Crippen LogP contribution in [0.1, 0.15) is 21.7 Å². The molecule has 0 spiro atoms. The second-order valence-electron chi connectivity index (χ2n) is 4.14. The van der Waals surface area contributed by atoms with Crippen LogP contribution in [0.4, 0.5) is 0 Å². The number of fused-ring (bicyclic) bond motifs is 1. The molecule has 0 atom stereocenters. The SMILES string of the molecule is O=C(c1cccs1)c1cc2c(cc1Br)OCCCO2. The fourth-order valence-electron chi connectivity index (χ4n) is 1.90. The lowest BCUT2D eigenvalue weighted by molar-refractivity contribution is 0.104. The van der Waals surface area contributed by atoms with E-state index in [2.05, 4.69) is 15.9 Å². The van der Waals surface area contributed by atoms with E-state index in [0.717, 1.165) is 15.8 Å². The minimum atomic E-state index is -0.00229. The number of rotatable bonds is 2. The normalized spacial score (nSPS) is 13.9. The molecule has 2 heterocycles. The zero-order chi connectivity index (χ0) is 13.2. The van der Waals surface area contributed by atoms with Gasteiger partial charge in [0.15, 0.2) is 11.5 Å². The second kappa shape index (κ2) is 5.35. The fourth-order valence-corrected chi connectivity index (χ4v) is 3.08. The number of benzene rings is 1. The Morgan fingerprint density at radius 3 is 2.63 bits per heavy atom. The maximum Gasteiger partial charge on any atom is 0.204 e. The summed E-state index contributed by atoms with van der Waals surface area (Å²) in [6, 6.07) is 7.26. The molecule has 0 saturated carbocycles. The van der Waals surface area contributed by atoms with Crippen LogP contribution < -0.4 is 9.47 Å². The van der Waals surface area contributed by atoms with Crippen LogP contribution in [-0.2, 0) is 0 Å². The predicted molar refractivity (Wildman–Crippen MR) is 77.5 cm³/mol. The molecule has 98 valence electrons. The molecule has 1 aliphatic heterocycles.